The third-order valence-corrected chi connectivity index (χ3v) is 6.59. The normalized spacial score (nSPS) is 27.6. The highest BCUT2D eigenvalue weighted by Gasteiger charge is 2.58. The molecule has 9 heteroatoms. The Kier molecular flexibility index (Phi) is 7.79. The molecule has 5 atom stereocenters. The lowest BCUT2D eigenvalue weighted by atomic mass is 9.85. The van der Waals surface area contributed by atoms with Crippen molar-refractivity contribution in [2.24, 2.45) is 28.7 Å². The first-order chi connectivity index (χ1) is 14.5. The van der Waals surface area contributed by atoms with Crippen molar-refractivity contribution >= 4 is 41.8 Å². The van der Waals surface area contributed by atoms with E-state index in [0.29, 0.717) is 32.0 Å². The van der Waals surface area contributed by atoms with E-state index in [1.165, 1.54) is 4.90 Å². The van der Waals surface area contributed by atoms with Crippen molar-refractivity contribution in [3.8, 4) is 0 Å². The van der Waals surface area contributed by atoms with E-state index in [-0.39, 0.29) is 65.5 Å². The molecule has 2 aliphatic carbocycles. The zero-order valence-corrected chi connectivity index (χ0v) is 20.6. The highest BCUT2D eigenvalue weighted by atomic mass is 127. The van der Waals surface area contributed by atoms with Gasteiger partial charge in [-0.05, 0) is 50.9 Å². The smallest absolute Gasteiger partial charge is 0.233 e. The van der Waals surface area contributed by atoms with Crippen LogP contribution in [0, 0.1) is 23.7 Å². The molecule has 2 heterocycles. The first-order valence-corrected chi connectivity index (χ1v) is 10.7. The number of hydrogen-bond acceptors (Lipinski definition) is 5. The molecule has 0 aromatic carbocycles. The van der Waals surface area contributed by atoms with Gasteiger partial charge >= 0.3 is 0 Å². The number of allylic oxidation sites excluding steroid dienone is 2. The molecule has 8 nitrogen and oxygen atoms in total. The van der Waals surface area contributed by atoms with Crippen LogP contribution in [-0.2, 0) is 9.59 Å². The largest absolute Gasteiger partial charge is 0.468 e. The maximum Gasteiger partial charge on any atom is 0.233 e. The number of hydrogen-bond donors (Lipinski definition) is 2. The summed E-state index contributed by atoms with van der Waals surface area (Å²) in [5, 5.41) is 6.59. The fourth-order valence-corrected chi connectivity index (χ4v) is 5.06. The monoisotopic (exact) mass is 541 g/mol. The molecular weight excluding hydrogens is 509 g/mol. The molecule has 2 fully saturated rings. The summed E-state index contributed by atoms with van der Waals surface area (Å²) in [5.41, 5.74) is 0. The summed E-state index contributed by atoms with van der Waals surface area (Å²) in [4.78, 5) is 33.3. The van der Waals surface area contributed by atoms with E-state index < -0.39 is 0 Å². The molecule has 31 heavy (non-hydrogen) atoms. The van der Waals surface area contributed by atoms with Crippen LogP contribution in [0.5, 0.6) is 0 Å². The average Bonchev–Trinajstić information content (AvgIpc) is 3.50. The minimum Gasteiger partial charge on any atom is -0.468 e. The van der Waals surface area contributed by atoms with Crippen LogP contribution >= 0.6 is 24.0 Å². The van der Waals surface area contributed by atoms with Gasteiger partial charge in [-0.15, -0.1) is 24.0 Å². The number of likely N-dealkylation sites (N-methyl/N-ethyl adjacent to an activating group) is 1. The fraction of sp³-hybridized carbons (Fsp3) is 0.591. The number of carbonyl (C=O) groups is 2. The van der Waals surface area contributed by atoms with Crippen molar-refractivity contribution in [1.29, 1.82) is 0 Å². The van der Waals surface area contributed by atoms with Crippen LogP contribution in [0.4, 0.5) is 0 Å². The van der Waals surface area contributed by atoms with Gasteiger partial charge in [0.25, 0.3) is 0 Å². The van der Waals surface area contributed by atoms with Crippen molar-refractivity contribution in [3.63, 3.8) is 0 Å². The summed E-state index contributed by atoms with van der Waals surface area (Å²) >= 11 is 0. The highest BCUT2D eigenvalue weighted by Crippen LogP contribution is 2.52. The number of guanidine groups is 1. The first kappa shape index (κ1) is 23.8. The molecule has 1 saturated carbocycles. The van der Waals surface area contributed by atoms with Gasteiger partial charge in [0.05, 0.1) is 24.1 Å². The molecule has 170 valence electrons. The minimum absolute atomic E-state index is 0. The van der Waals surface area contributed by atoms with E-state index in [2.05, 4.69) is 32.7 Å². The van der Waals surface area contributed by atoms with Crippen LogP contribution in [0.2, 0.25) is 0 Å². The number of likely N-dealkylation sites (tertiary alicyclic amines) is 1. The fourth-order valence-electron chi connectivity index (χ4n) is 5.06. The van der Waals surface area contributed by atoms with Gasteiger partial charge in [0.2, 0.25) is 11.8 Å². The van der Waals surface area contributed by atoms with Gasteiger partial charge in [-0.25, -0.2) is 0 Å². The van der Waals surface area contributed by atoms with Gasteiger partial charge in [0, 0.05) is 26.7 Å². The van der Waals surface area contributed by atoms with Crippen LogP contribution < -0.4 is 10.6 Å². The van der Waals surface area contributed by atoms with Crippen molar-refractivity contribution in [2.75, 3.05) is 40.8 Å². The Bertz CT molecular complexity index is 808. The molecule has 0 radical (unpaired) electrons. The van der Waals surface area contributed by atoms with Crippen LogP contribution in [-0.4, -0.2) is 68.4 Å². The van der Waals surface area contributed by atoms with Crippen molar-refractivity contribution < 1.29 is 14.0 Å². The second-order valence-corrected chi connectivity index (χ2v) is 8.56. The Morgan fingerprint density at radius 3 is 2.45 bits per heavy atom. The number of nitrogens with one attached hydrogen (secondary N) is 2. The van der Waals surface area contributed by atoms with Crippen LogP contribution in [0.25, 0.3) is 0 Å². The molecule has 3 aliphatic rings. The Morgan fingerprint density at radius 2 is 1.90 bits per heavy atom. The topological polar surface area (TPSA) is 90.2 Å². The van der Waals surface area contributed by atoms with E-state index in [9.17, 15) is 9.59 Å². The van der Waals surface area contributed by atoms with E-state index in [4.69, 9.17) is 4.42 Å². The van der Waals surface area contributed by atoms with E-state index in [1.54, 1.807) is 13.3 Å². The Balaban J connectivity index is 0.00000272. The molecule has 1 aromatic heterocycles. The van der Waals surface area contributed by atoms with Crippen LogP contribution in [0.15, 0.2) is 40.0 Å². The number of amides is 2. The Morgan fingerprint density at radius 1 is 1.23 bits per heavy atom. The Hall–Kier alpha value is -1.88. The lowest BCUT2D eigenvalue weighted by Crippen LogP contribution is -2.43. The van der Waals surface area contributed by atoms with Gasteiger partial charge in [0.15, 0.2) is 5.96 Å². The molecule has 2 amide bonds. The standard InChI is InChI=1S/C22H31N5O3.HI/c1-23-22(25-13-16(26(2)3)17-6-4-11-30-17)24-9-5-10-27-20(28)18-14-7-8-15(12-14)19(18)21(27)29;/h4,6-8,11,14-16,18-19H,5,9-10,12-13H2,1-3H3,(H2,23,24,25);1H. The SMILES string of the molecule is CN=C(NCCCN1C(=O)C2C3C=CC(C3)C2C1=O)NCC(c1ccco1)N(C)C.I. The molecule has 4 rings (SSSR count). The summed E-state index contributed by atoms with van der Waals surface area (Å²) in [5.74, 6) is 1.93. The number of furan rings is 1. The number of carbonyl (C=O) groups excluding carboxylic acids is 2. The lowest BCUT2D eigenvalue weighted by molar-refractivity contribution is -0.140. The minimum atomic E-state index is -0.112. The summed E-state index contributed by atoms with van der Waals surface area (Å²) < 4.78 is 5.53. The number of halogens is 1. The lowest BCUT2D eigenvalue weighted by Gasteiger charge is -2.24. The van der Waals surface area contributed by atoms with Gasteiger partial charge in [-0.1, -0.05) is 12.2 Å². The zero-order chi connectivity index (χ0) is 21.3. The molecule has 2 N–H and O–H groups in total. The summed E-state index contributed by atoms with van der Waals surface area (Å²) in [6.45, 7) is 1.73. The highest BCUT2D eigenvalue weighted by molar-refractivity contribution is 14.0. The maximum absolute atomic E-state index is 12.7. The predicted octanol–water partition coefficient (Wildman–Crippen LogP) is 1.86. The van der Waals surface area contributed by atoms with Gasteiger partial charge in [-0.2, -0.15) is 0 Å². The molecule has 1 aromatic rings. The van der Waals surface area contributed by atoms with Gasteiger partial charge in [-0.3, -0.25) is 24.4 Å². The summed E-state index contributed by atoms with van der Waals surface area (Å²) in [6.07, 6.45) is 7.59. The van der Waals surface area contributed by atoms with E-state index in [0.717, 1.165) is 12.2 Å². The maximum atomic E-state index is 12.7. The van der Waals surface area contributed by atoms with Gasteiger partial charge in [0.1, 0.15) is 5.76 Å². The van der Waals surface area contributed by atoms with Crippen LogP contribution in [0.3, 0.4) is 0 Å². The summed E-state index contributed by atoms with van der Waals surface area (Å²) in [7, 11) is 5.74. The molecule has 5 unspecified atom stereocenters. The van der Waals surface area contributed by atoms with Gasteiger partial charge < -0.3 is 15.1 Å². The third kappa shape index (κ3) is 4.67. The Labute approximate surface area is 200 Å². The third-order valence-electron chi connectivity index (χ3n) is 6.59. The molecule has 0 spiro atoms. The number of fused-ring (bicyclic) bond motifs is 5. The quantitative estimate of drug-likeness (QED) is 0.131. The van der Waals surface area contributed by atoms with Crippen molar-refractivity contribution in [2.45, 2.75) is 18.9 Å². The zero-order valence-electron chi connectivity index (χ0n) is 18.3. The second-order valence-electron chi connectivity index (χ2n) is 8.56. The average molecular weight is 541 g/mol. The molecule has 1 saturated heterocycles. The summed E-state index contributed by atoms with van der Waals surface area (Å²) in [6, 6.07) is 3.93. The number of aliphatic imine (C=N–C) groups is 1. The molecule has 2 bridgehead atoms. The van der Waals surface area contributed by atoms with E-state index >= 15 is 0 Å². The van der Waals surface area contributed by atoms with Crippen LogP contribution in [0.1, 0.15) is 24.6 Å². The number of imide groups is 1. The van der Waals surface area contributed by atoms with Crippen molar-refractivity contribution in [3.05, 3.63) is 36.3 Å². The molecular formula is C22H32IN5O3. The number of rotatable bonds is 8. The van der Waals surface area contributed by atoms with E-state index in [1.807, 2.05) is 26.2 Å². The molecule has 1 aliphatic heterocycles. The van der Waals surface area contributed by atoms with Crippen molar-refractivity contribution in [1.82, 2.24) is 20.4 Å². The number of nitrogens with zero attached hydrogens (tertiary/aromatic N) is 3. The first-order valence-electron chi connectivity index (χ1n) is 10.7. The second kappa shape index (κ2) is 10.2. The predicted molar refractivity (Wildman–Crippen MR) is 129 cm³/mol.